The topological polar surface area (TPSA) is 29.1 Å². The third kappa shape index (κ3) is 2.47. The molecule has 4 heteroatoms. The standard InChI is InChI=1S/C15H13F2NO/c1-18-14(19)15(16,17)13-10-6-5-9-12(13)11-7-3-2-4-8-11/h2-10H,1H3,(H,18,19). The minimum Gasteiger partial charge on any atom is -0.354 e. The van der Waals surface area contributed by atoms with E-state index in [1.165, 1.54) is 19.2 Å². The molecule has 0 atom stereocenters. The van der Waals surface area contributed by atoms with E-state index in [-0.39, 0.29) is 5.56 Å². The van der Waals surface area contributed by atoms with Crippen molar-refractivity contribution in [2.45, 2.75) is 5.92 Å². The van der Waals surface area contributed by atoms with Crippen LogP contribution in [0.2, 0.25) is 0 Å². The third-order valence-electron chi connectivity index (χ3n) is 2.86. The lowest BCUT2D eigenvalue weighted by molar-refractivity contribution is -0.146. The number of carbonyl (C=O) groups excluding carboxylic acids is 1. The predicted octanol–water partition coefficient (Wildman–Crippen LogP) is 3.19. The van der Waals surface area contributed by atoms with E-state index in [2.05, 4.69) is 0 Å². The van der Waals surface area contributed by atoms with E-state index in [1.54, 1.807) is 36.4 Å². The Morgan fingerprint density at radius 3 is 2.21 bits per heavy atom. The van der Waals surface area contributed by atoms with Gasteiger partial charge in [-0.05, 0) is 11.1 Å². The number of benzene rings is 2. The van der Waals surface area contributed by atoms with Gasteiger partial charge in [0.2, 0.25) is 0 Å². The van der Waals surface area contributed by atoms with Gasteiger partial charge in [0.15, 0.2) is 0 Å². The lowest BCUT2D eigenvalue weighted by Crippen LogP contribution is -2.36. The van der Waals surface area contributed by atoms with Crippen LogP contribution in [0.1, 0.15) is 5.56 Å². The molecule has 0 unspecified atom stereocenters. The zero-order valence-electron chi connectivity index (χ0n) is 10.4. The summed E-state index contributed by atoms with van der Waals surface area (Å²) in [6.45, 7) is 0. The molecule has 2 rings (SSSR count). The Kier molecular flexibility index (Phi) is 3.60. The van der Waals surface area contributed by atoms with Gasteiger partial charge in [-0.3, -0.25) is 4.79 Å². The SMILES string of the molecule is CNC(=O)C(F)(F)c1ccccc1-c1ccccc1. The van der Waals surface area contributed by atoms with Crippen LogP contribution in [0.4, 0.5) is 8.78 Å². The van der Waals surface area contributed by atoms with E-state index in [1.807, 2.05) is 11.4 Å². The molecule has 0 heterocycles. The first-order chi connectivity index (χ1) is 9.07. The number of halogens is 2. The van der Waals surface area contributed by atoms with Crippen molar-refractivity contribution in [3.63, 3.8) is 0 Å². The van der Waals surface area contributed by atoms with E-state index < -0.39 is 11.8 Å². The Hall–Kier alpha value is -2.23. The van der Waals surface area contributed by atoms with Gasteiger partial charge in [-0.2, -0.15) is 8.78 Å². The summed E-state index contributed by atoms with van der Waals surface area (Å²) in [4.78, 5) is 11.4. The number of nitrogens with one attached hydrogen (secondary N) is 1. The number of hydrogen-bond donors (Lipinski definition) is 1. The van der Waals surface area contributed by atoms with Crippen LogP contribution in [-0.4, -0.2) is 13.0 Å². The van der Waals surface area contributed by atoms with Crippen molar-refractivity contribution in [3.8, 4) is 11.1 Å². The highest BCUT2D eigenvalue weighted by Crippen LogP contribution is 2.35. The van der Waals surface area contributed by atoms with Gasteiger partial charge < -0.3 is 5.32 Å². The van der Waals surface area contributed by atoms with Gasteiger partial charge in [0, 0.05) is 12.6 Å². The van der Waals surface area contributed by atoms with Crippen molar-refractivity contribution >= 4 is 5.91 Å². The molecule has 19 heavy (non-hydrogen) atoms. The van der Waals surface area contributed by atoms with Crippen LogP contribution in [0, 0.1) is 0 Å². The molecule has 0 saturated carbocycles. The second kappa shape index (κ2) is 5.18. The molecular weight excluding hydrogens is 248 g/mol. The van der Waals surface area contributed by atoms with Crippen LogP contribution in [0.15, 0.2) is 54.6 Å². The van der Waals surface area contributed by atoms with E-state index in [9.17, 15) is 13.6 Å². The Morgan fingerprint density at radius 2 is 1.58 bits per heavy atom. The zero-order chi connectivity index (χ0) is 13.9. The first-order valence-electron chi connectivity index (χ1n) is 5.82. The van der Waals surface area contributed by atoms with E-state index >= 15 is 0 Å². The van der Waals surface area contributed by atoms with Gasteiger partial charge in [0.25, 0.3) is 5.91 Å². The second-order valence-corrected chi connectivity index (χ2v) is 4.07. The van der Waals surface area contributed by atoms with Crippen LogP contribution in [0.3, 0.4) is 0 Å². The van der Waals surface area contributed by atoms with E-state index in [0.717, 1.165) is 0 Å². The summed E-state index contributed by atoms with van der Waals surface area (Å²) in [5, 5.41) is 1.99. The number of amides is 1. The summed E-state index contributed by atoms with van der Waals surface area (Å²) >= 11 is 0. The van der Waals surface area contributed by atoms with Crippen LogP contribution >= 0.6 is 0 Å². The van der Waals surface area contributed by atoms with Gasteiger partial charge in [-0.25, -0.2) is 0 Å². The maximum absolute atomic E-state index is 14.1. The fourth-order valence-corrected chi connectivity index (χ4v) is 1.91. The van der Waals surface area contributed by atoms with Gasteiger partial charge in [-0.1, -0.05) is 54.6 Å². The van der Waals surface area contributed by atoms with Crippen molar-refractivity contribution in [3.05, 3.63) is 60.2 Å². The average Bonchev–Trinajstić information content (AvgIpc) is 2.47. The largest absolute Gasteiger partial charge is 0.354 e. The number of hydrogen-bond acceptors (Lipinski definition) is 1. The third-order valence-corrected chi connectivity index (χ3v) is 2.86. The second-order valence-electron chi connectivity index (χ2n) is 4.07. The predicted molar refractivity (Wildman–Crippen MR) is 69.8 cm³/mol. The molecule has 0 aromatic heterocycles. The highest BCUT2D eigenvalue weighted by molar-refractivity contribution is 5.87. The molecule has 98 valence electrons. The molecule has 0 radical (unpaired) electrons. The van der Waals surface area contributed by atoms with Crippen LogP contribution < -0.4 is 5.32 Å². The summed E-state index contributed by atoms with van der Waals surface area (Å²) in [7, 11) is 1.20. The van der Waals surface area contributed by atoms with Crippen LogP contribution in [-0.2, 0) is 10.7 Å². The number of likely N-dealkylation sites (N-methyl/N-ethyl adjacent to an activating group) is 1. The molecule has 0 aliphatic heterocycles. The minimum atomic E-state index is -3.55. The van der Waals surface area contributed by atoms with Gasteiger partial charge in [0.05, 0.1) is 0 Å². The molecule has 1 amide bonds. The molecule has 0 aliphatic carbocycles. The van der Waals surface area contributed by atoms with Crippen molar-refractivity contribution in [2.75, 3.05) is 7.05 Å². The Bertz CT molecular complexity index is 582. The molecule has 1 N–H and O–H groups in total. The molecule has 2 nitrogen and oxygen atoms in total. The van der Waals surface area contributed by atoms with Crippen LogP contribution in [0.25, 0.3) is 11.1 Å². The first-order valence-corrected chi connectivity index (χ1v) is 5.82. The summed E-state index contributed by atoms with van der Waals surface area (Å²) in [6.07, 6.45) is 0. The molecule has 2 aromatic rings. The molecule has 0 saturated heterocycles. The normalized spacial score (nSPS) is 11.1. The summed E-state index contributed by atoms with van der Waals surface area (Å²) < 4.78 is 28.2. The molecule has 2 aromatic carbocycles. The van der Waals surface area contributed by atoms with E-state index in [4.69, 9.17) is 0 Å². The molecule has 0 bridgehead atoms. The summed E-state index contributed by atoms with van der Waals surface area (Å²) in [5.41, 5.74) is 0.721. The van der Waals surface area contributed by atoms with Gasteiger partial charge >= 0.3 is 5.92 Å². The molecule has 0 spiro atoms. The summed E-state index contributed by atoms with van der Waals surface area (Å²) in [5.74, 6) is -4.86. The Labute approximate surface area is 110 Å². The summed E-state index contributed by atoms with van der Waals surface area (Å²) in [6, 6.07) is 14.8. The first kappa shape index (κ1) is 13.2. The highest BCUT2D eigenvalue weighted by Gasteiger charge is 2.41. The lowest BCUT2D eigenvalue weighted by Gasteiger charge is -2.18. The Balaban J connectivity index is 2.57. The molecule has 0 fully saturated rings. The van der Waals surface area contributed by atoms with Crippen LogP contribution in [0.5, 0.6) is 0 Å². The van der Waals surface area contributed by atoms with Crippen molar-refractivity contribution in [1.29, 1.82) is 0 Å². The molecule has 0 aliphatic rings. The number of rotatable bonds is 3. The monoisotopic (exact) mass is 261 g/mol. The minimum absolute atomic E-state index is 0.291. The quantitative estimate of drug-likeness (QED) is 0.903. The maximum Gasteiger partial charge on any atom is 0.350 e. The van der Waals surface area contributed by atoms with Crippen molar-refractivity contribution < 1.29 is 13.6 Å². The fourth-order valence-electron chi connectivity index (χ4n) is 1.91. The average molecular weight is 261 g/mol. The zero-order valence-corrected chi connectivity index (χ0v) is 10.4. The van der Waals surface area contributed by atoms with E-state index in [0.29, 0.717) is 11.1 Å². The van der Waals surface area contributed by atoms with Gasteiger partial charge in [-0.15, -0.1) is 0 Å². The number of alkyl halides is 2. The fraction of sp³-hybridized carbons (Fsp3) is 0.133. The molecular formula is C15H13F2NO. The van der Waals surface area contributed by atoms with Crippen molar-refractivity contribution in [1.82, 2.24) is 5.32 Å². The number of carbonyl (C=O) groups is 1. The Morgan fingerprint density at radius 1 is 1.00 bits per heavy atom. The smallest absolute Gasteiger partial charge is 0.350 e. The highest BCUT2D eigenvalue weighted by atomic mass is 19.3. The van der Waals surface area contributed by atoms with Gasteiger partial charge in [0.1, 0.15) is 0 Å². The lowest BCUT2D eigenvalue weighted by atomic mass is 9.95. The van der Waals surface area contributed by atoms with Crippen molar-refractivity contribution in [2.24, 2.45) is 0 Å². The maximum atomic E-state index is 14.1.